The average molecular weight is 538 g/mol. The molecule has 0 unspecified atom stereocenters. The van der Waals surface area contributed by atoms with Crippen LogP contribution in [0, 0.1) is 5.82 Å². The molecule has 2 N–H and O–H groups in total. The van der Waals surface area contributed by atoms with Gasteiger partial charge in [0, 0.05) is 36.7 Å². The smallest absolute Gasteiger partial charge is 0.223 e. The highest BCUT2D eigenvalue weighted by atomic mass is 32.2. The van der Waals surface area contributed by atoms with E-state index in [2.05, 4.69) is 25.6 Å². The van der Waals surface area contributed by atoms with Crippen LogP contribution in [-0.2, 0) is 27.8 Å². The van der Waals surface area contributed by atoms with Gasteiger partial charge in [-0.2, -0.15) is 0 Å². The second-order valence-corrected chi connectivity index (χ2v) is 11.7. The summed E-state index contributed by atoms with van der Waals surface area (Å²) in [6.07, 6.45) is 1.75. The Morgan fingerprint density at radius 3 is 2.58 bits per heavy atom. The fraction of sp³-hybridized carbons (Fsp3) is 0.321. The van der Waals surface area contributed by atoms with Gasteiger partial charge in [0.05, 0.1) is 28.9 Å². The van der Waals surface area contributed by atoms with Crippen LogP contribution in [0.15, 0.2) is 60.8 Å². The van der Waals surface area contributed by atoms with Gasteiger partial charge in [-0.25, -0.2) is 32.2 Å². The summed E-state index contributed by atoms with van der Waals surface area (Å²) in [4.78, 5) is 13.6. The number of piperidine rings is 1. The van der Waals surface area contributed by atoms with Crippen LogP contribution in [0.4, 0.5) is 14.7 Å². The topological polar surface area (TPSA) is 96.9 Å². The lowest BCUT2D eigenvalue weighted by atomic mass is 10.0. The Labute approximate surface area is 220 Å². The number of alkyl halides is 1. The molecule has 0 saturated carbocycles. The number of hydrogen-bond donors (Lipinski definition) is 2. The number of benzene rings is 2. The molecule has 1 saturated heterocycles. The normalized spacial score (nSPS) is 18.0. The van der Waals surface area contributed by atoms with E-state index in [1.165, 1.54) is 12.1 Å². The maximum absolute atomic E-state index is 15.0. The first-order chi connectivity index (χ1) is 18.3. The molecule has 0 amide bonds. The first kappa shape index (κ1) is 26.1. The highest BCUT2D eigenvalue weighted by molar-refractivity contribution is 7.89. The molecule has 7 nitrogen and oxygen atoms in total. The maximum Gasteiger partial charge on any atom is 0.223 e. The third kappa shape index (κ3) is 6.14. The molecular weight excluding hydrogens is 508 g/mol. The van der Waals surface area contributed by atoms with Crippen molar-refractivity contribution < 1.29 is 17.2 Å². The summed E-state index contributed by atoms with van der Waals surface area (Å²) in [6.45, 7) is 2.98. The van der Waals surface area contributed by atoms with E-state index in [0.29, 0.717) is 59.7 Å². The number of aryl methyl sites for hydroxylation is 1. The summed E-state index contributed by atoms with van der Waals surface area (Å²) in [5.74, 6) is -0.719. The zero-order chi connectivity index (χ0) is 26.7. The zero-order valence-electron chi connectivity index (χ0n) is 21.0. The van der Waals surface area contributed by atoms with E-state index in [0.717, 1.165) is 5.56 Å². The predicted octanol–water partition coefficient (Wildman–Crippen LogP) is 4.62. The molecule has 38 heavy (non-hydrogen) atoms. The van der Waals surface area contributed by atoms with Gasteiger partial charge in [0.25, 0.3) is 0 Å². The number of aromatic nitrogens is 3. The number of pyridine rings is 1. The summed E-state index contributed by atoms with van der Waals surface area (Å²) < 4.78 is 54.1. The van der Waals surface area contributed by atoms with Gasteiger partial charge in [0.1, 0.15) is 17.5 Å². The minimum atomic E-state index is -3.55. The number of nitrogens with one attached hydrogen (secondary N) is 2. The van der Waals surface area contributed by atoms with Gasteiger partial charge in [-0.05, 0) is 29.7 Å². The minimum absolute atomic E-state index is 0.105. The molecule has 0 radical (unpaired) electrons. The number of anilines is 1. The van der Waals surface area contributed by atoms with Crippen molar-refractivity contribution >= 4 is 26.8 Å². The summed E-state index contributed by atoms with van der Waals surface area (Å²) in [5, 5.41) is 6.25. The van der Waals surface area contributed by atoms with Crippen LogP contribution in [0.3, 0.4) is 0 Å². The van der Waals surface area contributed by atoms with E-state index < -0.39 is 21.8 Å². The molecule has 0 aliphatic carbocycles. The Morgan fingerprint density at radius 2 is 1.84 bits per heavy atom. The van der Waals surface area contributed by atoms with Crippen molar-refractivity contribution in [2.75, 3.05) is 18.4 Å². The zero-order valence-corrected chi connectivity index (χ0v) is 21.8. The fourth-order valence-electron chi connectivity index (χ4n) is 4.70. The highest BCUT2D eigenvalue weighted by Gasteiger charge is 2.22. The first-order valence-corrected chi connectivity index (χ1v) is 14.4. The second-order valence-electron chi connectivity index (χ2n) is 9.60. The van der Waals surface area contributed by atoms with Crippen LogP contribution in [0.5, 0.6) is 0 Å². The molecule has 0 spiro atoms. The van der Waals surface area contributed by atoms with Gasteiger partial charge in [-0.1, -0.05) is 49.4 Å². The molecule has 2 atom stereocenters. The molecule has 5 rings (SSSR count). The van der Waals surface area contributed by atoms with E-state index in [1.807, 2.05) is 19.1 Å². The van der Waals surface area contributed by atoms with Crippen LogP contribution in [0.1, 0.15) is 30.0 Å². The van der Waals surface area contributed by atoms with E-state index in [-0.39, 0.29) is 23.1 Å². The molecule has 3 heterocycles. The van der Waals surface area contributed by atoms with Crippen LogP contribution in [0.2, 0.25) is 0 Å². The third-order valence-electron chi connectivity index (χ3n) is 6.59. The molecule has 2 aromatic carbocycles. The Hall–Kier alpha value is -3.50. The molecule has 1 fully saturated rings. The lowest BCUT2D eigenvalue weighted by Crippen LogP contribution is -2.44. The molecule has 1 aliphatic rings. The lowest BCUT2D eigenvalue weighted by Gasteiger charge is -2.26. The SMILES string of the molecule is CCc1cc(-c2ccc(CS(=O)(=O)Cc3ccccc3)c(F)c2)nc2cnc(N[C@@H]3CNC[C@@H](F)C3)nc12. The number of sulfone groups is 1. The fourth-order valence-corrected chi connectivity index (χ4v) is 6.21. The van der Waals surface area contributed by atoms with Gasteiger partial charge in [-0.15, -0.1) is 0 Å². The second kappa shape index (κ2) is 11.1. The minimum Gasteiger partial charge on any atom is -0.350 e. The van der Waals surface area contributed by atoms with Crippen molar-refractivity contribution in [3.8, 4) is 11.3 Å². The summed E-state index contributed by atoms with van der Waals surface area (Å²) in [5.41, 5.74) is 4.02. The van der Waals surface area contributed by atoms with Crippen molar-refractivity contribution in [2.45, 2.75) is 43.5 Å². The number of halogens is 2. The first-order valence-electron chi connectivity index (χ1n) is 12.6. The van der Waals surface area contributed by atoms with Gasteiger partial charge in [0.15, 0.2) is 9.84 Å². The maximum atomic E-state index is 15.0. The molecule has 2 aromatic heterocycles. The molecule has 1 aliphatic heterocycles. The van der Waals surface area contributed by atoms with Gasteiger partial charge < -0.3 is 10.6 Å². The predicted molar refractivity (Wildman–Crippen MR) is 145 cm³/mol. The van der Waals surface area contributed by atoms with Gasteiger partial charge in [0.2, 0.25) is 5.95 Å². The number of fused-ring (bicyclic) bond motifs is 1. The number of hydrogen-bond acceptors (Lipinski definition) is 7. The number of nitrogens with zero attached hydrogens (tertiary/aromatic N) is 3. The van der Waals surface area contributed by atoms with Gasteiger partial charge in [-0.3, -0.25) is 0 Å². The summed E-state index contributed by atoms with van der Waals surface area (Å²) in [7, 11) is -3.55. The third-order valence-corrected chi connectivity index (χ3v) is 8.11. The highest BCUT2D eigenvalue weighted by Crippen LogP contribution is 2.27. The van der Waals surface area contributed by atoms with E-state index in [4.69, 9.17) is 0 Å². The van der Waals surface area contributed by atoms with Crippen LogP contribution < -0.4 is 10.6 Å². The Bertz CT molecular complexity index is 1550. The standard InChI is InChI=1S/C28H29F2N5O2S/c1-2-19-11-25(34-26-15-32-28(35-27(19)26)33-23-12-22(29)13-31-14-23)20-8-9-21(24(30)10-20)17-38(36,37)16-18-6-4-3-5-7-18/h3-11,15,22-23,31H,2,12-14,16-17H2,1H3,(H,32,33,35)/t22-,23-/m0/s1. The largest absolute Gasteiger partial charge is 0.350 e. The lowest BCUT2D eigenvalue weighted by molar-refractivity contribution is 0.254. The number of rotatable bonds is 8. The molecule has 198 valence electrons. The molecular formula is C28H29F2N5O2S. The monoisotopic (exact) mass is 537 g/mol. The molecule has 4 aromatic rings. The summed E-state index contributed by atoms with van der Waals surface area (Å²) in [6, 6.07) is 15.1. The quantitative estimate of drug-likeness (QED) is 0.339. The van der Waals surface area contributed by atoms with Crippen molar-refractivity contribution in [1.82, 2.24) is 20.3 Å². The average Bonchev–Trinajstić information content (AvgIpc) is 2.89. The molecule has 10 heteroatoms. The Balaban J connectivity index is 1.37. The van der Waals surface area contributed by atoms with Crippen molar-refractivity contribution in [1.29, 1.82) is 0 Å². The van der Waals surface area contributed by atoms with Crippen LogP contribution in [0.25, 0.3) is 22.3 Å². The molecule has 0 bridgehead atoms. The van der Waals surface area contributed by atoms with Crippen molar-refractivity contribution in [3.63, 3.8) is 0 Å². The Morgan fingerprint density at radius 1 is 1.03 bits per heavy atom. The van der Waals surface area contributed by atoms with Gasteiger partial charge >= 0.3 is 0 Å². The van der Waals surface area contributed by atoms with Crippen LogP contribution in [-0.4, -0.2) is 48.7 Å². The van der Waals surface area contributed by atoms with E-state index >= 15 is 4.39 Å². The van der Waals surface area contributed by atoms with E-state index in [1.54, 1.807) is 36.5 Å². The van der Waals surface area contributed by atoms with Crippen molar-refractivity contribution in [3.05, 3.63) is 83.3 Å². The Kier molecular flexibility index (Phi) is 7.62. The van der Waals surface area contributed by atoms with Crippen molar-refractivity contribution in [2.24, 2.45) is 0 Å². The van der Waals surface area contributed by atoms with Crippen LogP contribution >= 0.6 is 0 Å². The summed E-state index contributed by atoms with van der Waals surface area (Å²) >= 11 is 0. The van der Waals surface area contributed by atoms with E-state index in [9.17, 15) is 12.8 Å².